The lowest BCUT2D eigenvalue weighted by atomic mass is 10.1. The maximum atomic E-state index is 4.71. The zero-order chi connectivity index (χ0) is 15.8. The zero-order valence-electron chi connectivity index (χ0n) is 14.2. The highest BCUT2D eigenvalue weighted by molar-refractivity contribution is 8.00. The summed E-state index contributed by atoms with van der Waals surface area (Å²) in [6.45, 7) is 10.3. The average molecular weight is 334 g/mol. The Morgan fingerprint density at radius 2 is 1.91 bits per heavy atom. The highest BCUT2D eigenvalue weighted by Crippen LogP contribution is 2.36. The van der Waals surface area contributed by atoms with Gasteiger partial charge in [-0.1, -0.05) is 0 Å². The van der Waals surface area contributed by atoms with E-state index in [-0.39, 0.29) is 0 Å². The number of nitrogens with zero attached hydrogens (tertiary/aromatic N) is 5. The van der Waals surface area contributed by atoms with Crippen LogP contribution in [0.25, 0.3) is 0 Å². The van der Waals surface area contributed by atoms with E-state index in [0.717, 1.165) is 25.6 Å². The average Bonchev–Trinajstić information content (AvgIpc) is 3.14. The molecule has 2 bridgehead atoms. The third-order valence-corrected chi connectivity index (χ3v) is 6.62. The number of hydrogen-bond acceptors (Lipinski definition) is 6. The van der Waals surface area contributed by atoms with Gasteiger partial charge >= 0.3 is 0 Å². The monoisotopic (exact) mass is 333 g/mol. The van der Waals surface area contributed by atoms with Crippen LogP contribution in [0.15, 0.2) is 12.4 Å². The van der Waals surface area contributed by atoms with E-state index >= 15 is 0 Å². The summed E-state index contributed by atoms with van der Waals surface area (Å²) in [5.74, 6) is 2.13. The highest BCUT2D eigenvalue weighted by atomic mass is 32.2. The summed E-state index contributed by atoms with van der Waals surface area (Å²) in [4.78, 5) is 17.0. The van der Waals surface area contributed by atoms with Crippen LogP contribution in [0.5, 0.6) is 0 Å². The topological polar surface area (TPSA) is 35.5 Å². The smallest absolute Gasteiger partial charge is 0.226 e. The Labute approximate surface area is 143 Å². The van der Waals surface area contributed by atoms with E-state index in [2.05, 4.69) is 40.3 Å². The van der Waals surface area contributed by atoms with Gasteiger partial charge < -0.3 is 4.90 Å². The van der Waals surface area contributed by atoms with E-state index in [1.54, 1.807) is 0 Å². The summed E-state index contributed by atoms with van der Waals surface area (Å²) in [6.07, 6.45) is 6.75. The second-order valence-electron chi connectivity index (χ2n) is 7.27. The Balaban J connectivity index is 1.44. The van der Waals surface area contributed by atoms with Crippen LogP contribution in [0.1, 0.15) is 32.3 Å². The first kappa shape index (κ1) is 15.7. The molecular weight excluding hydrogens is 306 g/mol. The molecule has 0 radical (unpaired) electrons. The Bertz CT molecular complexity index is 514. The van der Waals surface area contributed by atoms with Crippen molar-refractivity contribution in [3.05, 3.63) is 18.0 Å². The Morgan fingerprint density at radius 1 is 1.17 bits per heavy atom. The first-order valence-corrected chi connectivity index (χ1v) is 9.93. The molecule has 5 nitrogen and oxygen atoms in total. The number of anilines is 1. The van der Waals surface area contributed by atoms with Crippen molar-refractivity contribution in [2.24, 2.45) is 0 Å². The fraction of sp³-hybridized carbons (Fsp3) is 0.765. The minimum Gasteiger partial charge on any atom is -0.322 e. The first-order chi connectivity index (χ1) is 11.2. The van der Waals surface area contributed by atoms with Crippen LogP contribution >= 0.6 is 11.8 Å². The lowest BCUT2D eigenvalue weighted by molar-refractivity contribution is 0.184. The van der Waals surface area contributed by atoms with E-state index in [1.165, 1.54) is 37.2 Å². The molecule has 0 amide bonds. The third-order valence-electron chi connectivity index (χ3n) is 5.28. The predicted octanol–water partition coefficient (Wildman–Crippen LogP) is 2.04. The minimum absolute atomic E-state index is 0.514. The molecule has 0 saturated carbocycles. The van der Waals surface area contributed by atoms with Gasteiger partial charge in [-0.2, -0.15) is 0 Å². The Kier molecular flexibility index (Phi) is 4.48. The molecule has 2 atom stereocenters. The molecule has 3 saturated heterocycles. The molecule has 0 N–H and O–H groups in total. The number of likely N-dealkylation sites (tertiary alicyclic amines) is 1. The fourth-order valence-corrected chi connectivity index (χ4v) is 5.35. The standard InChI is InChI=1S/C17H27N5S/c1-13(2)21-10-15-12-23-16(11-21)22(15)17-18-7-14(8-19-17)9-20-5-3-4-6-20/h7-8,13,15-16H,3-6,9-12H2,1-2H3. The van der Waals surface area contributed by atoms with Crippen molar-refractivity contribution < 1.29 is 0 Å². The molecule has 1 aromatic heterocycles. The molecule has 6 heteroatoms. The molecule has 2 unspecified atom stereocenters. The highest BCUT2D eigenvalue weighted by Gasteiger charge is 2.42. The molecule has 4 rings (SSSR count). The predicted molar refractivity (Wildman–Crippen MR) is 95.8 cm³/mol. The van der Waals surface area contributed by atoms with Gasteiger partial charge in [0.2, 0.25) is 5.95 Å². The van der Waals surface area contributed by atoms with Crippen molar-refractivity contribution in [3.8, 4) is 0 Å². The summed E-state index contributed by atoms with van der Waals surface area (Å²) in [6, 6.07) is 1.19. The van der Waals surface area contributed by atoms with E-state index in [4.69, 9.17) is 9.97 Å². The van der Waals surface area contributed by atoms with E-state index in [9.17, 15) is 0 Å². The Hall–Kier alpha value is -0.850. The van der Waals surface area contributed by atoms with Crippen molar-refractivity contribution in [1.82, 2.24) is 19.8 Å². The van der Waals surface area contributed by atoms with Gasteiger partial charge in [-0.05, 0) is 39.8 Å². The zero-order valence-corrected chi connectivity index (χ0v) is 15.0. The number of piperazine rings is 1. The summed E-state index contributed by atoms with van der Waals surface area (Å²) < 4.78 is 0. The van der Waals surface area contributed by atoms with Crippen LogP contribution in [0.3, 0.4) is 0 Å². The molecule has 0 aromatic carbocycles. The van der Waals surface area contributed by atoms with Crippen molar-refractivity contribution >= 4 is 17.7 Å². The molecular formula is C17H27N5S. The normalized spacial score (nSPS) is 28.9. The number of rotatable bonds is 4. The van der Waals surface area contributed by atoms with Crippen molar-refractivity contribution in [3.63, 3.8) is 0 Å². The molecule has 126 valence electrons. The van der Waals surface area contributed by atoms with E-state index in [1.807, 2.05) is 12.4 Å². The first-order valence-electron chi connectivity index (χ1n) is 8.88. The van der Waals surface area contributed by atoms with Crippen LogP contribution < -0.4 is 4.90 Å². The largest absolute Gasteiger partial charge is 0.322 e. The van der Waals surface area contributed by atoms with Gasteiger partial charge in [-0.15, -0.1) is 11.8 Å². The van der Waals surface area contributed by atoms with Crippen LogP contribution in [-0.4, -0.2) is 69.2 Å². The maximum absolute atomic E-state index is 4.71. The lowest BCUT2D eigenvalue weighted by Gasteiger charge is -2.41. The molecule has 3 aliphatic rings. The molecule has 1 aromatic rings. The summed E-state index contributed by atoms with van der Waals surface area (Å²) in [5.41, 5.74) is 1.25. The number of hydrogen-bond donors (Lipinski definition) is 0. The molecule has 3 fully saturated rings. The fourth-order valence-electron chi connectivity index (χ4n) is 3.92. The van der Waals surface area contributed by atoms with Crippen LogP contribution in [0, 0.1) is 0 Å². The van der Waals surface area contributed by atoms with Crippen LogP contribution in [0.4, 0.5) is 5.95 Å². The summed E-state index contributed by atoms with van der Waals surface area (Å²) >= 11 is 2.06. The molecule has 0 aliphatic carbocycles. The van der Waals surface area contributed by atoms with Crippen LogP contribution in [-0.2, 0) is 6.54 Å². The van der Waals surface area contributed by atoms with Gasteiger partial charge in [0.15, 0.2) is 0 Å². The van der Waals surface area contributed by atoms with Crippen molar-refractivity contribution in [2.75, 3.05) is 36.8 Å². The maximum Gasteiger partial charge on any atom is 0.226 e. The number of thioether (sulfide) groups is 1. The van der Waals surface area contributed by atoms with E-state index in [0.29, 0.717) is 17.5 Å². The van der Waals surface area contributed by atoms with Gasteiger partial charge in [0.25, 0.3) is 0 Å². The van der Waals surface area contributed by atoms with Gasteiger partial charge in [0, 0.05) is 49.4 Å². The molecule has 0 spiro atoms. The number of fused-ring (bicyclic) bond motifs is 2. The molecule has 3 aliphatic heterocycles. The van der Waals surface area contributed by atoms with Crippen molar-refractivity contribution in [1.29, 1.82) is 0 Å². The van der Waals surface area contributed by atoms with Gasteiger partial charge in [-0.25, -0.2) is 9.97 Å². The Morgan fingerprint density at radius 3 is 2.57 bits per heavy atom. The lowest BCUT2D eigenvalue weighted by Crippen LogP contribution is -2.56. The molecule has 23 heavy (non-hydrogen) atoms. The summed E-state index contributed by atoms with van der Waals surface area (Å²) in [5, 5.41) is 0.514. The third kappa shape index (κ3) is 3.21. The second kappa shape index (κ2) is 6.57. The van der Waals surface area contributed by atoms with Gasteiger partial charge in [0.05, 0.1) is 11.4 Å². The second-order valence-corrected chi connectivity index (χ2v) is 8.48. The molecule has 4 heterocycles. The number of aromatic nitrogens is 2. The van der Waals surface area contributed by atoms with Gasteiger partial charge in [-0.3, -0.25) is 9.80 Å². The summed E-state index contributed by atoms with van der Waals surface area (Å²) in [7, 11) is 0. The SMILES string of the molecule is CC(C)N1CC2CSC(C1)N2c1ncc(CN2CCCC2)cn1. The van der Waals surface area contributed by atoms with Crippen molar-refractivity contribution in [2.45, 2.75) is 50.7 Å². The van der Waals surface area contributed by atoms with E-state index < -0.39 is 0 Å². The minimum atomic E-state index is 0.514. The quantitative estimate of drug-likeness (QED) is 0.839. The van der Waals surface area contributed by atoms with Crippen LogP contribution in [0.2, 0.25) is 0 Å². The van der Waals surface area contributed by atoms with Gasteiger partial charge in [0.1, 0.15) is 0 Å².